The Kier molecular flexibility index (Phi) is 4.76. The van der Waals surface area contributed by atoms with Crippen molar-refractivity contribution in [2.75, 3.05) is 0 Å². The Bertz CT molecular complexity index is 656. The molecule has 1 aromatic carbocycles. The Morgan fingerprint density at radius 2 is 1.87 bits per heavy atom. The van der Waals surface area contributed by atoms with Gasteiger partial charge in [0, 0.05) is 0 Å². The SMILES string of the molecule is C=C[C@@H](c1ccco1)[C@@](N)(C(=O)OC(C)(C)C)c1ccccc1. The van der Waals surface area contributed by atoms with Gasteiger partial charge >= 0.3 is 5.97 Å². The highest BCUT2D eigenvalue weighted by Gasteiger charge is 2.47. The van der Waals surface area contributed by atoms with Gasteiger partial charge in [0.05, 0.1) is 12.2 Å². The van der Waals surface area contributed by atoms with Crippen molar-refractivity contribution < 1.29 is 13.9 Å². The Labute approximate surface area is 136 Å². The predicted molar refractivity (Wildman–Crippen MR) is 89.8 cm³/mol. The molecule has 0 aliphatic carbocycles. The van der Waals surface area contributed by atoms with E-state index < -0.39 is 23.0 Å². The molecule has 1 aromatic heterocycles. The average molecular weight is 313 g/mol. The van der Waals surface area contributed by atoms with E-state index in [0.29, 0.717) is 11.3 Å². The first-order valence-corrected chi connectivity index (χ1v) is 7.53. The maximum atomic E-state index is 12.9. The lowest BCUT2D eigenvalue weighted by Gasteiger charge is -2.35. The standard InChI is InChI=1S/C19H23NO3/c1-5-15(16-12-9-13-22-16)19(20,14-10-7-6-8-11-14)17(21)23-18(2,3)4/h5-13,15H,1,20H2,2-4H3/t15-,19+/m0/s1. The van der Waals surface area contributed by atoms with Crippen molar-refractivity contribution in [1.29, 1.82) is 0 Å². The van der Waals surface area contributed by atoms with Gasteiger partial charge in [-0.15, -0.1) is 6.58 Å². The Balaban J connectivity index is 2.55. The quantitative estimate of drug-likeness (QED) is 0.674. The van der Waals surface area contributed by atoms with Gasteiger partial charge in [0.1, 0.15) is 11.4 Å². The molecule has 0 saturated heterocycles. The molecule has 1 heterocycles. The van der Waals surface area contributed by atoms with Gasteiger partial charge in [0.15, 0.2) is 5.54 Å². The van der Waals surface area contributed by atoms with Crippen LogP contribution in [0.4, 0.5) is 0 Å². The Morgan fingerprint density at radius 3 is 2.35 bits per heavy atom. The van der Waals surface area contributed by atoms with Crippen LogP contribution in [-0.4, -0.2) is 11.6 Å². The van der Waals surface area contributed by atoms with Crippen molar-refractivity contribution >= 4 is 5.97 Å². The van der Waals surface area contributed by atoms with E-state index in [2.05, 4.69) is 6.58 Å². The molecule has 0 fully saturated rings. The molecule has 4 nitrogen and oxygen atoms in total. The van der Waals surface area contributed by atoms with E-state index in [1.165, 1.54) is 0 Å². The number of hydrogen-bond donors (Lipinski definition) is 1. The van der Waals surface area contributed by atoms with Crippen LogP contribution < -0.4 is 5.73 Å². The fourth-order valence-electron chi connectivity index (χ4n) is 2.50. The van der Waals surface area contributed by atoms with Crippen LogP contribution in [0.2, 0.25) is 0 Å². The second-order valence-corrected chi connectivity index (χ2v) is 6.47. The van der Waals surface area contributed by atoms with Crippen LogP contribution in [0.25, 0.3) is 0 Å². The van der Waals surface area contributed by atoms with E-state index in [-0.39, 0.29) is 0 Å². The number of furan rings is 1. The smallest absolute Gasteiger partial charge is 0.332 e. The second kappa shape index (κ2) is 6.42. The third-order valence-electron chi connectivity index (χ3n) is 3.56. The molecule has 0 amide bonds. The van der Waals surface area contributed by atoms with Crippen LogP contribution in [0.15, 0.2) is 65.8 Å². The van der Waals surface area contributed by atoms with E-state index in [4.69, 9.17) is 14.9 Å². The molecular formula is C19H23NO3. The summed E-state index contributed by atoms with van der Waals surface area (Å²) in [6.07, 6.45) is 3.17. The lowest BCUT2D eigenvalue weighted by molar-refractivity contribution is -0.163. The molecule has 0 radical (unpaired) electrons. The van der Waals surface area contributed by atoms with E-state index in [0.717, 1.165) is 0 Å². The van der Waals surface area contributed by atoms with E-state index in [1.54, 1.807) is 24.5 Å². The van der Waals surface area contributed by atoms with Gasteiger partial charge in [-0.05, 0) is 38.5 Å². The fourth-order valence-corrected chi connectivity index (χ4v) is 2.50. The molecule has 122 valence electrons. The van der Waals surface area contributed by atoms with Crippen molar-refractivity contribution in [2.24, 2.45) is 5.73 Å². The summed E-state index contributed by atoms with van der Waals surface area (Å²) in [5.41, 5.74) is 5.19. The molecule has 0 spiro atoms. The first-order valence-electron chi connectivity index (χ1n) is 7.53. The Morgan fingerprint density at radius 1 is 1.22 bits per heavy atom. The first kappa shape index (κ1) is 17.0. The molecule has 2 atom stereocenters. The summed E-state index contributed by atoms with van der Waals surface area (Å²) in [7, 11) is 0. The van der Waals surface area contributed by atoms with Gasteiger partial charge in [0.2, 0.25) is 0 Å². The summed E-state index contributed by atoms with van der Waals surface area (Å²) in [4.78, 5) is 12.9. The highest BCUT2D eigenvalue weighted by molar-refractivity contribution is 5.84. The molecule has 2 N–H and O–H groups in total. The topological polar surface area (TPSA) is 65.5 Å². The lowest BCUT2D eigenvalue weighted by Crippen LogP contribution is -2.52. The van der Waals surface area contributed by atoms with E-state index >= 15 is 0 Å². The molecule has 0 bridgehead atoms. The highest BCUT2D eigenvalue weighted by Crippen LogP contribution is 2.38. The molecule has 2 rings (SSSR count). The lowest BCUT2D eigenvalue weighted by atomic mass is 9.77. The summed E-state index contributed by atoms with van der Waals surface area (Å²) >= 11 is 0. The number of ether oxygens (including phenoxy) is 1. The van der Waals surface area contributed by atoms with Gasteiger partial charge in [0.25, 0.3) is 0 Å². The van der Waals surface area contributed by atoms with Crippen molar-refractivity contribution in [1.82, 2.24) is 0 Å². The largest absolute Gasteiger partial charge is 0.469 e. The monoisotopic (exact) mass is 313 g/mol. The van der Waals surface area contributed by atoms with Crippen LogP contribution in [0.1, 0.15) is 38.0 Å². The molecule has 4 heteroatoms. The minimum atomic E-state index is -1.42. The first-order chi connectivity index (χ1) is 10.8. The van der Waals surface area contributed by atoms with Crippen molar-refractivity contribution in [3.63, 3.8) is 0 Å². The maximum Gasteiger partial charge on any atom is 0.332 e. The van der Waals surface area contributed by atoms with Crippen LogP contribution in [-0.2, 0) is 15.1 Å². The number of nitrogens with two attached hydrogens (primary N) is 1. The summed E-state index contributed by atoms with van der Waals surface area (Å²) < 4.78 is 11.1. The maximum absolute atomic E-state index is 12.9. The zero-order valence-electron chi connectivity index (χ0n) is 13.8. The third-order valence-corrected chi connectivity index (χ3v) is 3.56. The predicted octanol–water partition coefficient (Wildman–Crippen LogP) is 3.75. The second-order valence-electron chi connectivity index (χ2n) is 6.47. The summed E-state index contributed by atoms with van der Waals surface area (Å²) in [6.45, 7) is 9.27. The third kappa shape index (κ3) is 3.54. The zero-order valence-corrected chi connectivity index (χ0v) is 13.8. The number of hydrogen-bond acceptors (Lipinski definition) is 4. The van der Waals surface area contributed by atoms with Crippen molar-refractivity contribution in [2.45, 2.75) is 37.8 Å². The Hall–Kier alpha value is -2.33. The molecule has 0 unspecified atom stereocenters. The number of esters is 1. The number of carbonyl (C=O) groups excluding carboxylic acids is 1. The van der Waals surface area contributed by atoms with Gasteiger partial charge in [-0.2, -0.15) is 0 Å². The summed E-state index contributed by atoms with van der Waals surface area (Å²) in [6, 6.07) is 12.7. The normalized spacial score (nSPS) is 15.5. The summed E-state index contributed by atoms with van der Waals surface area (Å²) in [5, 5.41) is 0. The van der Waals surface area contributed by atoms with Gasteiger partial charge in [-0.1, -0.05) is 36.4 Å². The average Bonchev–Trinajstić information content (AvgIpc) is 3.01. The van der Waals surface area contributed by atoms with Gasteiger partial charge < -0.3 is 14.9 Å². The van der Waals surface area contributed by atoms with E-state index in [9.17, 15) is 4.79 Å². The highest BCUT2D eigenvalue weighted by atomic mass is 16.6. The zero-order chi connectivity index (χ0) is 17.1. The molecule has 0 saturated carbocycles. The van der Waals surface area contributed by atoms with Crippen molar-refractivity contribution in [3.8, 4) is 0 Å². The van der Waals surface area contributed by atoms with E-state index in [1.807, 2.05) is 51.1 Å². The summed E-state index contributed by atoms with van der Waals surface area (Å²) in [5.74, 6) is -0.496. The van der Waals surface area contributed by atoms with Crippen LogP contribution >= 0.6 is 0 Å². The number of rotatable bonds is 5. The molecule has 0 aliphatic rings. The molecular weight excluding hydrogens is 290 g/mol. The number of benzene rings is 1. The van der Waals surface area contributed by atoms with Crippen LogP contribution in [0, 0.1) is 0 Å². The van der Waals surface area contributed by atoms with Gasteiger partial charge in [-0.25, -0.2) is 4.79 Å². The van der Waals surface area contributed by atoms with Gasteiger partial charge in [-0.3, -0.25) is 0 Å². The molecule has 2 aromatic rings. The van der Waals surface area contributed by atoms with Crippen LogP contribution in [0.3, 0.4) is 0 Å². The minimum Gasteiger partial charge on any atom is -0.469 e. The van der Waals surface area contributed by atoms with Crippen LogP contribution in [0.5, 0.6) is 0 Å². The number of carbonyl (C=O) groups is 1. The molecule has 23 heavy (non-hydrogen) atoms. The molecule has 0 aliphatic heterocycles. The minimum absolute atomic E-state index is 0.516. The van der Waals surface area contributed by atoms with Crippen molar-refractivity contribution in [3.05, 3.63) is 72.7 Å². The fraction of sp³-hybridized carbons (Fsp3) is 0.316.